The van der Waals surface area contributed by atoms with Crippen LogP contribution in [0, 0.1) is 6.92 Å². The van der Waals surface area contributed by atoms with E-state index in [4.69, 9.17) is 0 Å². The number of benzene rings is 1. The summed E-state index contributed by atoms with van der Waals surface area (Å²) in [5.41, 5.74) is 0.961. The molecule has 90 valence electrons. The van der Waals surface area contributed by atoms with Gasteiger partial charge in [-0.05, 0) is 24.6 Å². The fraction of sp³-hybridized carbons (Fsp3) is 0.286. The van der Waals surface area contributed by atoms with Crippen LogP contribution in [0.3, 0.4) is 0 Å². The number of aliphatic hydroxyl groups excluding tert-OH is 1. The summed E-state index contributed by atoms with van der Waals surface area (Å²) in [5, 5.41) is 13.2. The van der Waals surface area contributed by atoms with E-state index in [-0.39, 0.29) is 0 Å². The van der Waals surface area contributed by atoms with E-state index >= 15 is 0 Å². The maximum absolute atomic E-state index is 9.94. The Morgan fingerprint density at radius 1 is 1.18 bits per heavy atom. The summed E-state index contributed by atoms with van der Waals surface area (Å²) in [6.45, 7) is 3.51. The third-order valence-corrected chi connectivity index (χ3v) is 3.62. The van der Waals surface area contributed by atoms with E-state index in [0.29, 0.717) is 6.54 Å². The van der Waals surface area contributed by atoms with Gasteiger partial charge in [-0.3, -0.25) is 0 Å². The monoisotopic (exact) mass is 247 g/mol. The lowest BCUT2D eigenvalue weighted by molar-refractivity contribution is 0.174. The molecule has 1 heterocycles. The highest BCUT2D eigenvalue weighted by Crippen LogP contribution is 2.15. The Balaban J connectivity index is 1.79. The first-order valence-corrected chi connectivity index (χ1v) is 6.56. The van der Waals surface area contributed by atoms with Gasteiger partial charge in [0, 0.05) is 22.8 Å². The van der Waals surface area contributed by atoms with Gasteiger partial charge in [0.15, 0.2) is 0 Å². The molecule has 2 rings (SSSR count). The summed E-state index contributed by atoms with van der Waals surface area (Å²) in [6.07, 6.45) is -0.433. The zero-order chi connectivity index (χ0) is 12.1. The predicted octanol–water partition coefficient (Wildman–Crippen LogP) is 2.88. The molecule has 0 fully saturated rings. The van der Waals surface area contributed by atoms with Crippen LogP contribution in [-0.4, -0.2) is 11.7 Å². The van der Waals surface area contributed by atoms with Crippen molar-refractivity contribution in [2.45, 2.75) is 19.6 Å². The molecule has 0 aliphatic rings. The molecule has 0 amide bonds. The summed E-state index contributed by atoms with van der Waals surface area (Å²) >= 11 is 1.79. The highest BCUT2D eigenvalue weighted by molar-refractivity contribution is 7.11. The minimum Gasteiger partial charge on any atom is -0.387 e. The van der Waals surface area contributed by atoms with Crippen molar-refractivity contribution in [2.24, 2.45) is 0 Å². The lowest BCUT2D eigenvalue weighted by Crippen LogP contribution is -2.20. The van der Waals surface area contributed by atoms with Crippen LogP contribution in [0.5, 0.6) is 0 Å². The van der Waals surface area contributed by atoms with Gasteiger partial charge in [0.2, 0.25) is 0 Å². The third kappa shape index (κ3) is 3.66. The van der Waals surface area contributed by atoms with Crippen LogP contribution in [-0.2, 0) is 6.54 Å². The van der Waals surface area contributed by atoms with Crippen molar-refractivity contribution in [3.05, 3.63) is 57.8 Å². The Labute approximate surface area is 106 Å². The van der Waals surface area contributed by atoms with Crippen LogP contribution >= 0.6 is 11.3 Å². The average Bonchev–Trinajstić information content (AvgIpc) is 2.76. The van der Waals surface area contributed by atoms with E-state index in [9.17, 15) is 5.11 Å². The van der Waals surface area contributed by atoms with Crippen LogP contribution in [0.2, 0.25) is 0 Å². The summed E-state index contributed by atoms with van der Waals surface area (Å²) < 4.78 is 0. The summed E-state index contributed by atoms with van der Waals surface area (Å²) in [4.78, 5) is 2.63. The van der Waals surface area contributed by atoms with Crippen molar-refractivity contribution in [3.8, 4) is 0 Å². The molecule has 0 aliphatic carbocycles. The van der Waals surface area contributed by atoms with Gasteiger partial charge in [-0.15, -0.1) is 11.3 Å². The quantitative estimate of drug-likeness (QED) is 0.851. The fourth-order valence-corrected chi connectivity index (χ4v) is 2.57. The molecule has 0 spiro atoms. The molecule has 17 heavy (non-hydrogen) atoms. The van der Waals surface area contributed by atoms with Crippen LogP contribution < -0.4 is 5.32 Å². The Morgan fingerprint density at radius 3 is 2.59 bits per heavy atom. The van der Waals surface area contributed by atoms with Crippen LogP contribution in [0.4, 0.5) is 0 Å². The molecule has 1 aromatic heterocycles. The molecule has 2 nitrogen and oxygen atoms in total. The minimum atomic E-state index is -0.433. The van der Waals surface area contributed by atoms with E-state index in [0.717, 1.165) is 12.1 Å². The highest BCUT2D eigenvalue weighted by Gasteiger charge is 2.06. The number of hydrogen-bond donors (Lipinski definition) is 2. The van der Waals surface area contributed by atoms with Crippen LogP contribution in [0.15, 0.2) is 42.5 Å². The van der Waals surface area contributed by atoms with Gasteiger partial charge in [-0.2, -0.15) is 0 Å². The van der Waals surface area contributed by atoms with Gasteiger partial charge < -0.3 is 10.4 Å². The first-order valence-electron chi connectivity index (χ1n) is 5.75. The molecule has 2 N–H and O–H groups in total. The van der Waals surface area contributed by atoms with Gasteiger partial charge in [-0.25, -0.2) is 0 Å². The van der Waals surface area contributed by atoms with E-state index < -0.39 is 6.10 Å². The summed E-state index contributed by atoms with van der Waals surface area (Å²) in [6, 6.07) is 14.0. The molecule has 0 saturated heterocycles. The number of hydrogen-bond acceptors (Lipinski definition) is 3. The largest absolute Gasteiger partial charge is 0.387 e. The predicted molar refractivity (Wildman–Crippen MR) is 72.2 cm³/mol. The lowest BCUT2D eigenvalue weighted by Gasteiger charge is -2.11. The zero-order valence-electron chi connectivity index (χ0n) is 9.89. The Hall–Kier alpha value is -1.16. The number of rotatable bonds is 5. The molecule has 3 heteroatoms. The zero-order valence-corrected chi connectivity index (χ0v) is 10.7. The van der Waals surface area contributed by atoms with Gasteiger partial charge in [0.1, 0.15) is 0 Å². The molecule has 0 saturated carbocycles. The Bertz CT molecular complexity index is 452. The van der Waals surface area contributed by atoms with E-state index in [1.165, 1.54) is 9.75 Å². The Kier molecular flexibility index (Phi) is 4.31. The SMILES string of the molecule is Cc1ccc(CNC[C@H](O)c2ccccc2)s1. The van der Waals surface area contributed by atoms with Gasteiger partial charge >= 0.3 is 0 Å². The van der Waals surface area contributed by atoms with E-state index in [2.05, 4.69) is 24.4 Å². The third-order valence-electron chi connectivity index (χ3n) is 2.62. The second-order valence-electron chi connectivity index (χ2n) is 4.07. The minimum absolute atomic E-state index is 0.433. The number of thiophene rings is 1. The van der Waals surface area contributed by atoms with Gasteiger partial charge in [0.05, 0.1) is 6.10 Å². The first kappa shape index (κ1) is 12.3. The van der Waals surface area contributed by atoms with E-state index in [1.54, 1.807) is 11.3 Å². The molecule has 0 radical (unpaired) electrons. The first-order chi connectivity index (χ1) is 8.25. The molecule has 1 atom stereocenters. The van der Waals surface area contributed by atoms with Crippen molar-refractivity contribution in [2.75, 3.05) is 6.54 Å². The topological polar surface area (TPSA) is 32.3 Å². The van der Waals surface area contributed by atoms with Gasteiger partial charge in [-0.1, -0.05) is 30.3 Å². The van der Waals surface area contributed by atoms with Crippen molar-refractivity contribution < 1.29 is 5.11 Å². The average molecular weight is 247 g/mol. The van der Waals surface area contributed by atoms with Crippen molar-refractivity contribution >= 4 is 11.3 Å². The molecular weight excluding hydrogens is 230 g/mol. The molecular formula is C14H17NOS. The summed E-state index contributed by atoms with van der Waals surface area (Å²) in [5.74, 6) is 0. The van der Waals surface area contributed by atoms with Crippen molar-refractivity contribution in [3.63, 3.8) is 0 Å². The van der Waals surface area contributed by atoms with Crippen LogP contribution in [0.1, 0.15) is 21.4 Å². The number of aryl methyl sites for hydroxylation is 1. The highest BCUT2D eigenvalue weighted by atomic mass is 32.1. The number of nitrogens with one attached hydrogen (secondary N) is 1. The van der Waals surface area contributed by atoms with Crippen LogP contribution in [0.25, 0.3) is 0 Å². The lowest BCUT2D eigenvalue weighted by atomic mass is 10.1. The smallest absolute Gasteiger partial charge is 0.0914 e. The van der Waals surface area contributed by atoms with E-state index in [1.807, 2.05) is 30.3 Å². The normalized spacial score (nSPS) is 12.6. The second-order valence-corrected chi connectivity index (χ2v) is 5.44. The maximum Gasteiger partial charge on any atom is 0.0914 e. The fourth-order valence-electron chi connectivity index (χ4n) is 1.71. The van der Waals surface area contributed by atoms with Gasteiger partial charge in [0.25, 0.3) is 0 Å². The molecule has 2 aromatic rings. The standard InChI is InChI=1S/C14H17NOS/c1-11-7-8-13(17-11)9-15-10-14(16)12-5-3-2-4-6-12/h2-8,14-16H,9-10H2,1H3/t14-/m0/s1. The molecule has 0 unspecified atom stereocenters. The molecule has 1 aromatic carbocycles. The van der Waals surface area contributed by atoms with Crippen molar-refractivity contribution in [1.82, 2.24) is 5.32 Å². The molecule has 0 bridgehead atoms. The molecule has 0 aliphatic heterocycles. The number of aliphatic hydroxyl groups is 1. The van der Waals surface area contributed by atoms with Crippen molar-refractivity contribution in [1.29, 1.82) is 0 Å². The second kappa shape index (κ2) is 5.96. The Morgan fingerprint density at radius 2 is 1.94 bits per heavy atom. The summed E-state index contributed by atoms with van der Waals surface area (Å²) in [7, 11) is 0. The maximum atomic E-state index is 9.94.